The van der Waals surface area contributed by atoms with E-state index in [9.17, 15) is 9.90 Å². The number of aromatic nitrogens is 1. The summed E-state index contributed by atoms with van der Waals surface area (Å²) in [5.74, 6) is 0.797. The fourth-order valence-electron chi connectivity index (χ4n) is 2.04. The molecule has 1 amide bonds. The van der Waals surface area contributed by atoms with Crippen molar-refractivity contribution in [3.8, 4) is 5.88 Å². The minimum atomic E-state index is -0.215. The summed E-state index contributed by atoms with van der Waals surface area (Å²) in [6.45, 7) is 1.69. The zero-order chi connectivity index (χ0) is 13.0. The van der Waals surface area contributed by atoms with E-state index < -0.39 is 0 Å². The molecule has 1 saturated carbocycles. The number of carbonyl (C=O) groups excluding carboxylic acids is 1. The van der Waals surface area contributed by atoms with Crippen LogP contribution in [0.25, 0.3) is 0 Å². The van der Waals surface area contributed by atoms with Crippen LogP contribution in [0.2, 0.25) is 0 Å². The Morgan fingerprint density at radius 3 is 2.89 bits per heavy atom. The predicted octanol–water partition coefficient (Wildman–Crippen LogP) is 0.782. The number of aryl methyl sites for hydroxylation is 1. The Kier molecular flexibility index (Phi) is 4.19. The zero-order valence-electron chi connectivity index (χ0n) is 10.4. The molecule has 0 unspecified atom stereocenters. The minimum Gasteiger partial charge on any atom is -0.465 e. The van der Waals surface area contributed by atoms with Crippen LogP contribution in [0.15, 0.2) is 10.6 Å². The molecule has 0 saturated heterocycles. The summed E-state index contributed by atoms with van der Waals surface area (Å²) in [4.78, 5) is 11.6. The molecule has 1 fully saturated rings. The minimum absolute atomic E-state index is 0.0645. The maximum Gasteiger partial charge on any atom is 0.258 e. The molecule has 0 atom stereocenters. The first-order chi connectivity index (χ1) is 8.63. The summed E-state index contributed by atoms with van der Waals surface area (Å²) in [6.07, 6.45) is 2.90. The lowest BCUT2D eigenvalue weighted by molar-refractivity contribution is -0.124. The standard InChI is InChI=1S/C12H18N2O4/c1-8-6-12(14-18-8)17-7-11(16)13-9-2-4-10(15)5-3-9/h6,9-10,15H,2-5,7H2,1H3,(H,13,16). The molecule has 1 aliphatic rings. The van der Waals surface area contributed by atoms with Crippen molar-refractivity contribution in [1.82, 2.24) is 10.5 Å². The quantitative estimate of drug-likeness (QED) is 0.829. The molecule has 0 aromatic carbocycles. The van der Waals surface area contributed by atoms with E-state index in [0.29, 0.717) is 11.6 Å². The fraction of sp³-hybridized carbons (Fsp3) is 0.667. The summed E-state index contributed by atoms with van der Waals surface area (Å²) in [7, 11) is 0. The molecule has 2 rings (SSSR count). The number of nitrogens with zero attached hydrogens (tertiary/aromatic N) is 1. The van der Waals surface area contributed by atoms with Crippen molar-refractivity contribution in [3.05, 3.63) is 11.8 Å². The molecular weight excluding hydrogens is 236 g/mol. The van der Waals surface area contributed by atoms with Gasteiger partial charge in [-0.3, -0.25) is 4.79 Å². The van der Waals surface area contributed by atoms with Gasteiger partial charge in [-0.2, -0.15) is 0 Å². The maximum absolute atomic E-state index is 11.6. The molecule has 0 bridgehead atoms. The second-order valence-electron chi connectivity index (χ2n) is 4.64. The Labute approximate surface area is 105 Å². The lowest BCUT2D eigenvalue weighted by Crippen LogP contribution is -2.40. The average Bonchev–Trinajstić information content (AvgIpc) is 2.76. The van der Waals surface area contributed by atoms with Gasteiger partial charge in [0.1, 0.15) is 5.76 Å². The van der Waals surface area contributed by atoms with Gasteiger partial charge in [-0.1, -0.05) is 0 Å². The van der Waals surface area contributed by atoms with Gasteiger partial charge >= 0.3 is 0 Å². The van der Waals surface area contributed by atoms with E-state index in [4.69, 9.17) is 9.26 Å². The van der Waals surface area contributed by atoms with Gasteiger partial charge in [-0.05, 0) is 37.8 Å². The Bertz CT molecular complexity index is 397. The van der Waals surface area contributed by atoms with Crippen molar-refractivity contribution in [2.24, 2.45) is 0 Å². The van der Waals surface area contributed by atoms with Crippen LogP contribution in [0, 0.1) is 6.92 Å². The number of rotatable bonds is 4. The summed E-state index contributed by atoms with van der Waals surface area (Å²) >= 11 is 0. The largest absolute Gasteiger partial charge is 0.465 e. The normalized spacial score (nSPS) is 23.7. The van der Waals surface area contributed by atoms with Crippen molar-refractivity contribution in [3.63, 3.8) is 0 Å². The van der Waals surface area contributed by atoms with E-state index in [1.54, 1.807) is 13.0 Å². The molecule has 2 N–H and O–H groups in total. The summed E-state index contributed by atoms with van der Waals surface area (Å²) in [5.41, 5.74) is 0. The summed E-state index contributed by atoms with van der Waals surface area (Å²) < 4.78 is 10.0. The van der Waals surface area contributed by atoms with Crippen LogP contribution in [0.3, 0.4) is 0 Å². The molecule has 1 aromatic heterocycles. The fourth-order valence-corrected chi connectivity index (χ4v) is 2.04. The molecular formula is C12H18N2O4. The van der Waals surface area contributed by atoms with Crippen LogP contribution < -0.4 is 10.1 Å². The molecule has 0 radical (unpaired) electrons. The topological polar surface area (TPSA) is 84.6 Å². The molecule has 1 aliphatic carbocycles. The summed E-state index contributed by atoms with van der Waals surface area (Å²) in [6, 6.07) is 1.77. The third kappa shape index (κ3) is 3.73. The molecule has 0 spiro atoms. The third-order valence-electron chi connectivity index (χ3n) is 3.02. The van der Waals surface area contributed by atoms with Crippen LogP contribution in [-0.2, 0) is 4.79 Å². The predicted molar refractivity (Wildman–Crippen MR) is 63.1 cm³/mol. The second kappa shape index (κ2) is 5.86. The Morgan fingerprint density at radius 2 is 2.28 bits per heavy atom. The number of hydrogen-bond donors (Lipinski definition) is 2. The van der Waals surface area contributed by atoms with Crippen molar-refractivity contribution in [1.29, 1.82) is 0 Å². The van der Waals surface area contributed by atoms with Gasteiger partial charge < -0.3 is 19.7 Å². The number of nitrogens with one attached hydrogen (secondary N) is 1. The Hall–Kier alpha value is -1.56. The second-order valence-corrected chi connectivity index (χ2v) is 4.64. The number of hydrogen-bond acceptors (Lipinski definition) is 5. The smallest absolute Gasteiger partial charge is 0.258 e. The van der Waals surface area contributed by atoms with Gasteiger partial charge in [0.15, 0.2) is 6.61 Å². The van der Waals surface area contributed by atoms with E-state index in [-0.39, 0.29) is 24.7 Å². The van der Waals surface area contributed by atoms with Crippen molar-refractivity contribution >= 4 is 5.91 Å². The number of amides is 1. The third-order valence-corrected chi connectivity index (χ3v) is 3.02. The van der Waals surface area contributed by atoms with E-state index in [1.807, 2.05) is 0 Å². The highest BCUT2D eigenvalue weighted by Gasteiger charge is 2.20. The number of aliphatic hydroxyl groups is 1. The molecule has 0 aliphatic heterocycles. The molecule has 6 nitrogen and oxygen atoms in total. The van der Waals surface area contributed by atoms with Crippen molar-refractivity contribution in [2.75, 3.05) is 6.61 Å². The molecule has 100 valence electrons. The van der Waals surface area contributed by atoms with Gasteiger partial charge in [0, 0.05) is 12.1 Å². The van der Waals surface area contributed by atoms with Crippen LogP contribution in [0.4, 0.5) is 0 Å². The lowest BCUT2D eigenvalue weighted by atomic mass is 9.93. The first kappa shape index (κ1) is 12.9. The number of carbonyl (C=O) groups is 1. The molecule has 18 heavy (non-hydrogen) atoms. The zero-order valence-corrected chi connectivity index (χ0v) is 10.4. The SMILES string of the molecule is Cc1cc(OCC(=O)NC2CCC(O)CC2)no1. The van der Waals surface area contributed by atoms with Crippen LogP contribution in [-0.4, -0.2) is 34.9 Å². The van der Waals surface area contributed by atoms with E-state index in [2.05, 4.69) is 10.5 Å². The summed E-state index contributed by atoms with van der Waals surface area (Å²) in [5, 5.41) is 15.9. The van der Waals surface area contributed by atoms with Gasteiger partial charge in [-0.15, -0.1) is 0 Å². The molecule has 6 heteroatoms. The molecule has 1 heterocycles. The highest BCUT2D eigenvalue weighted by atomic mass is 16.5. The van der Waals surface area contributed by atoms with E-state index >= 15 is 0 Å². The Morgan fingerprint density at radius 1 is 1.56 bits per heavy atom. The van der Waals surface area contributed by atoms with Gasteiger partial charge in [0.05, 0.1) is 6.10 Å². The average molecular weight is 254 g/mol. The van der Waals surface area contributed by atoms with Crippen LogP contribution in [0.1, 0.15) is 31.4 Å². The van der Waals surface area contributed by atoms with Gasteiger partial charge in [0.25, 0.3) is 11.8 Å². The van der Waals surface area contributed by atoms with E-state index in [1.165, 1.54) is 0 Å². The van der Waals surface area contributed by atoms with Gasteiger partial charge in [-0.25, -0.2) is 0 Å². The van der Waals surface area contributed by atoms with Gasteiger partial charge in [0.2, 0.25) is 0 Å². The highest BCUT2D eigenvalue weighted by molar-refractivity contribution is 5.77. The monoisotopic (exact) mass is 254 g/mol. The highest BCUT2D eigenvalue weighted by Crippen LogP contribution is 2.18. The number of aliphatic hydroxyl groups excluding tert-OH is 1. The first-order valence-electron chi connectivity index (χ1n) is 6.17. The maximum atomic E-state index is 11.6. The lowest BCUT2D eigenvalue weighted by Gasteiger charge is -2.26. The Balaban J connectivity index is 1.69. The van der Waals surface area contributed by atoms with Crippen molar-refractivity contribution in [2.45, 2.75) is 44.8 Å². The number of ether oxygens (including phenoxy) is 1. The van der Waals surface area contributed by atoms with Crippen molar-refractivity contribution < 1.29 is 19.2 Å². The van der Waals surface area contributed by atoms with Crippen LogP contribution >= 0.6 is 0 Å². The molecule has 1 aromatic rings. The first-order valence-corrected chi connectivity index (χ1v) is 6.17. The van der Waals surface area contributed by atoms with E-state index in [0.717, 1.165) is 25.7 Å². The van der Waals surface area contributed by atoms with Crippen LogP contribution in [0.5, 0.6) is 5.88 Å².